The van der Waals surface area contributed by atoms with Crippen molar-refractivity contribution in [2.75, 3.05) is 50.7 Å². The van der Waals surface area contributed by atoms with Gasteiger partial charge in [0.15, 0.2) is 0 Å². The van der Waals surface area contributed by atoms with Crippen LogP contribution in [0, 0.1) is 6.92 Å². The van der Waals surface area contributed by atoms with Crippen LogP contribution in [0.3, 0.4) is 0 Å². The van der Waals surface area contributed by atoms with Crippen LogP contribution < -0.4 is 4.90 Å². The molecule has 3 saturated heterocycles. The lowest BCUT2D eigenvalue weighted by molar-refractivity contribution is -0.128. The van der Waals surface area contributed by atoms with Crippen LogP contribution >= 0.6 is 12.4 Å². The largest absolute Gasteiger partial charge is 0.369 e. The number of anilines is 1. The van der Waals surface area contributed by atoms with E-state index in [1.807, 2.05) is 0 Å². The molecule has 4 rings (SSSR count). The van der Waals surface area contributed by atoms with Gasteiger partial charge in [-0.15, -0.1) is 12.4 Å². The Morgan fingerprint density at radius 3 is 2.39 bits per heavy atom. The summed E-state index contributed by atoms with van der Waals surface area (Å²) in [5.41, 5.74) is 2.69. The highest BCUT2D eigenvalue weighted by atomic mass is 35.5. The van der Waals surface area contributed by atoms with Gasteiger partial charge in [-0.2, -0.15) is 0 Å². The van der Waals surface area contributed by atoms with E-state index in [4.69, 9.17) is 0 Å². The van der Waals surface area contributed by atoms with E-state index in [2.05, 4.69) is 41.0 Å². The van der Waals surface area contributed by atoms with Gasteiger partial charge in [-0.25, -0.2) is 4.79 Å². The molecule has 3 heterocycles. The number of hydrogen-bond donors (Lipinski definition) is 0. The predicted octanol–water partition coefficient (Wildman–Crippen LogP) is 2.75. The van der Waals surface area contributed by atoms with Crippen molar-refractivity contribution < 1.29 is 9.59 Å². The summed E-state index contributed by atoms with van der Waals surface area (Å²) in [5, 5.41) is 0. The van der Waals surface area contributed by atoms with Crippen molar-refractivity contribution in [1.82, 2.24) is 14.7 Å². The van der Waals surface area contributed by atoms with Crippen molar-refractivity contribution in [3.8, 4) is 0 Å². The van der Waals surface area contributed by atoms with E-state index in [-0.39, 0.29) is 30.4 Å². The standard InChI is InChI=1S/C21H30N4O2.ClH/c1-17-7-2-3-8-18(17)23-15-13-22(14-16-23)10-4-5-11-25-20(26)19-9-6-12-24(19)21(25)27;/h2-3,7-8,19H,4-6,9-16H2,1H3;1H. The Labute approximate surface area is 173 Å². The van der Waals surface area contributed by atoms with Crippen molar-refractivity contribution in [2.45, 2.75) is 38.6 Å². The second kappa shape index (κ2) is 9.14. The number of piperazine rings is 1. The van der Waals surface area contributed by atoms with E-state index >= 15 is 0 Å². The molecule has 0 saturated carbocycles. The number of unbranched alkanes of at least 4 members (excludes halogenated alkanes) is 1. The van der Waals surface area contributed by atoms with Crippen molar-refractivity contribution >= 4 is 30.0 Å². The van der Waals surface area contributed by atoms with E-state index < -0.39 is 0 Å². The summed E-state index contributed by atoms with van der Waals surface area (Å²) >= 11 is 0. The number of carbonyl (C=O) groups is 2. The topological polar surface area (TPSA) is 47.1 Å². The van der Waals surface area contributed by atoms with Crippen LogP contribution in [-0.4, -0.2) is 78.5 Å². The van der Waals surface area contributed by atoms with Crippen LogP contribution in [0.15, 0.2) is 24.3 Å². The van der Waals surface area contributed by atoms with Gasteiger partial charge in [0.1, 0.15) is 6.04 Å². The number of rotatable bonds is 6. The zero-order chi connectivity index (χ0) is 18.8. The molecule has 7 heteroatoms. The van der Waals surface area contributed by atoms with Crippen molar-refractivity contribution in [1.29, 1.82) is 0 Å². The maximum absolute atomic E-state index is 12.3. The van der Waals surface area contributed by atoms with Gasteiger partial charge in [-0.3, -0.25) is 14.6 Å². The van der Waals surface area contributed by atoms with Crippen LogP contribution in [0.5, 0.6) is 0 Å². The van der Waals surface area contributed by atoms with Gasteiger partial charge < -0.3 is 9.80 Å². The third-order valence-corrected chi connectivity index (χ3v) is 6.21. The highest BCUT2D eigenvalue weighted by Crippen LogP contribution is 2.27. The van der Waals surface area contributed by atoms with E-state index in [1.54, 1.807) is 4.90 Å². The maximum Gasteiger partial charge on any atom is 0.327 e. The average molecular weight is 407 g/mol. The quantitative estimate of drug-likeness (QED) is 0.538. The molecule has 3 fully saturated rings. The minimum absolute atomic E-state index is 0. The molecule has 6 nitrogen and oxygen atoms in total. The lowest BCUT2D eigenvalue weighted by Gasteiger charge is -2.36. The molecule has 28 heavy (non-hydrogen) atoms. The van der Waals surface area contributed by atoms with E-state index in [0.717, 1.165) is 65.0 Å². The molecule has 0 bridgehead atoms. The SMILES string of the molecule is Cc1ccccc1N1CCN(CCCCN2C(=O)C3CCCN3C2=O)CC1.Cl. The van der Waals surface area contributed by atoms with E-state index in [9.17, 15) is 9.59 Å². The first-order valence-electron chi connectivity index (χ1n) is 10.3. The monoisotopic (exact) mass is 406 g/mol. The zero-order valence-electron chi connectivity index (χ0n) is 16.7. The molecule has 1 atom stereocenters. The number of amides is 3. The molecule has 154 valence electrons. The Kier molecular flexibility index (Phi) is 6.83. The molecule has 1 aromatic rings. The zero-order valence-corrected chi connectivity index (χ0v) is 17.5. The highest BCUT2D eigenvalue weighted by Gasteiger charge is 2.46. The predicted molar refractivity (Wildman–Crippen MR) is 113 cm³/mol. The first-order valence-corrected chi connectivity index (χ1v) is 10.3. The molecule has 1 aromatic carbocycles. The molecule has 3 aliphatic rings. The molecule has 1 unspecified atom stereocenters. The minimum Gasteiger partial charge on any atom is -0.369 e. The number of fused-ring (bicyclic) bond motifs is 1. The van der Waals surface area contributed by atoms with Crippen molar-refractivity contribution in [2.24, 2.45) is 0 Å². The normalized spacial score (nSPS) is 22.6. The Morgan fingerprint density at radius 2 is 1.68 bits per heavy atom. The van der Waals surface area contributed by atoms with E-state index in [1.165, 1.54) is 16.2 Å². The van der Waals surface area contributed by atoms with Gasteiger partial charge >= 0.3 is 6.03 Å². The fourth-order valence-electron chi connectivity index (χ4n) is 4.62. The fraction of sp³-hybridized carbons (Fsp3) is 0.619. The number of aryl methyl sites for hydroxylation is 1. The van der Waals surface area contributed by atoms with Gasteiger partial charge in [0.05, 0.1) is 0 Å². The van der Waals surface area contributed by atoms with Gasteiger partial charge in [-0.1, -0.05) is 18.2 Å². The molecular weight excluding hydrogens is 376 g/mol. The summed E-state index contributed by atoms with van der Waals surface area (Å²) in [4.78, 5) is 32.9. The van der Waals surface area contributed by atoms with Crippen LogP contribution in [0.25, 0.3) is 0 Å². The van der Waals surface area contributed by atoms with Gasteiger partial charge in [0, 0.05) is 45.0 Å². The van der Waals surface area contributed by atoms with Crippen LogP contribution in [0.1, 0.15) is 31.2 Å². The summed E-state index contributed by atoms with van der Waals surface area (Å²) < 4.78 is 0. The lowest BCUT2D eigenvalue weighted by atomic mass is 10.1. The number of hydrogen-bond acceptors (Lipinski definition) is 4. The third-order valence-electron chi connectivity index (χ3n) is 6.21. The first kappa shape index (κ1) is 20.9. The number of para-hydroxylation sites is 1. The fourth-order valence-corrected chi connectivity index (χ4v) is 4.62. The molecule has 0 radical (unpaired) electrons. The second-order valence-electron chi connectivity index (χ2n) is 7.95. The van der Waals surface area contributed by atoms with Gasteiger partial charge in [0.25, 0.3) is 5.91 Å². The second-order valence-corrected chi connectivity index (χ2v) is 7.95. The molecule has 0 aromatic heterocycles. The number of urea groups is 1. The molecule has 0 aliphatic carbocycles. The number of benzene rings is 1. The van der Waals surface area contributed by atoms with E-state index in [0.29, 0.717) is 6.54 Å². The molecule has 3 aliphatic heterocycles. The van der Waals surface area contributed by atoms with Crippen LogP contribution in [0.4, 0.5) is 10.5 Å². The summed E-state index contributed by atoms with van der Waals surface area (Å²) in [6, 6.07) is 8.37. The highest BCUT2D eigenvalue weighted by molar-refractivity contribution is 6.04. The number of carbonyl (C=O) groups excluding carboxylic acids is 2. The van der Waals surface area contributed by atoms with Crippen LogP contribution in [-0.2, 0) is 4.79 Å². The summed E-state index contributed by atoms with van der Waals surface area (Å²) in [7, 11) is 0. The first-order chi connectivity index (χ1) is 13.1. The van der Waals surface area contributed by atoms with Gasteiger partial charge in [-0.05, 0) is 50.8 Å². The minimum atomic E-state index is -0.160. The Morgan fingerprint density at radius 1 is 0.964 bits per heavy atom. The maximum atomic E-state index is 12.3. The van der Waals surface area contributed by atoms with Crippen molar-refractivity contribution in [3.05, 3.63) is 29.8 Å². The average Bonchev–Trinajstić information content (AvgIpc) is 3.25. The third kappa shape index (κ3) is 4.13. The number of imide groups is 1. The number of nitrogens with zero attached hydrogens (tertiary/aromatic N) is 4. The summed E-state index contributed by atoms with van der Waals surface area (Å²) in [6.45, 7) is 8.82. The van der Waals surface area contributed by atoms with Crippen molar-refractivity contribution in [3.63, 3.8) is 0 Å². The Bertz CT molecular complexity index is 683. The molecule has 0 N–H and O–H groups in total. The molecule has 0 spiro atoms. The molecular formula is C21H31ClN4O2. The smallest absolute Gasteiger partial charge is 0.327 e. The Balaban J connectivity index is 0.00000225. The number of halogens is 1. The van der Waals surface area contributed by atoms with Gasteiger partial charge in [0.2, 0.25) is 0 Å². The molecule has 3 amide bonds. The Hall–Kier alpha value is -1.79. The lowest BCUT2D eigenvalue weighted by Crippen LogP contribution is -2.47. The van der Waals surface area contributed by atoms with Crippen LogP contribution in [0.2, 0.25) is 0 Å². The summed E-state index contributed by atoms with van der Waals surface area (Å²) in [6.07, 6.45) is 3.73. The summed E-state index contributed by atoms with van der Waals surface area (Å²) in [5.74, 6) is 0.0318.